The smallest absolute Gasteiger partial charge is 0.319 e. The van der Waals surface area contributed by atoms with E-state index in [1.54, 1.807) is 0 Å². The molecule has 1 aromatic carbocycles. The van der Waals surface area contributed by atoms with Crippen LogP contribution in [0.3, 0.4) is 0 Å². The number of benzene rings is 1. The van der Waals surface area contributed by atoms with Gasteiger partial charge in [0.2, 0.25) is 0 Å². The zero-order chi connectivity index (χ0) is 13.0. The summed E-state index contributed by atoms with van der Waals surface area (Å²) in [5, 5.41) is 12.6. The third-order valence-electron chi connectivity index (χ3n) is 2.13. The quantitative estimate of drug-likeness (QED) is 0.501. The maximum atomic E-state index is 11.0. The number of amides is 1. The number of hydrogen-bond donors (Lipinski definition) is 2. The number of fused-ring (bicyclic) bond motifs is 1. The van der Waals surface area contributed by atoms with Crippen molar-refractivity contribution in [2.45, 2.75) is 0 Å². The molecule has 1 amide bonds. The molecule has 0 aliphatic carbocycles. The predicted molar refractivity (Wildman–Crippen MR) is 70.9 cm³/mol. The number of nitrogens with one attached hydrogen (secondary N) is 2. The number of nitroso groups, excluding NO2 is 1. The summed E-state index contributed by atoms with van der Waals surface area (Å²) in [6, 6.07) is 7.58. The van der Waals surface area contributed by atoms with Crippen molar-refractivity contribution in [1.82, 2.24) is 4.98 Å². The average Bonchev–Trinajstić information content (AvgIpc) is 2.81. The van der Waals surface area contributed by atoms with Crippen molar-refractivity contribution in [2.75, 3.05) is 5.32 Å². The molecule has 0 atom stereocenters. The number of nitrogens with zero attached hydrogens (tertiary/aromatic N) is 2. The lowest BCUT2D eigenvalue weighted by molar-refractivity contribution is -0.114. The molecular formula is C11H8N4O2S. The third-order valence-corrected chi connectivity index (χ3v) is 3.10. The third kappa shape index (κ3) is 2.46. The van der Waals surface area contributed by atoms with Crippen molar-refractivity contribution in [3.8, 4) is 0 Å². The van der Waals surface area contributed by atoms with Crippen LogP contribution in [0.1, 0.15) is 0 Å². The van der Waals surface area contributed by atoms with E-state index in [-0.39, 0.29) is 5.57 Å². The second-order valence-corrected chi connectivity index (χ2v) is 4.30. The number of carbonyl (C=O) groups is 1. The molecule has 0 aliphatic heterocycles. The van der Waals surface area contributed by atoms with Crippen molar-refractivity contribution in [3.05, 3.63) is 40.9 Å². The first kappa shape index (κ1) is 12.1. The van der Waals surface area contributed by atoms with Crippen LogP contribution in [0.25, 0.3) is 10.2 Å². The first-order chi connectivity index (χ1) is 8.74. The highest BCUT2D eigenvalue weighted by atomic mass is 32.1. The number of anilines is 1. The van der Waals surface area contributed by atoms with E-state index in [0.29, 0.717) is 5.13 Å². The molecule has 7 heteroatoms. The van der Waals surface area contributed by atoms with Crippen molar-refractivity contribution in [1.29, 1.82) is 5.41 Å². The summed E-state index contributed by atoms with van der Waals surface area (Å²) < 4.78 is 1.00. The molecule has 0 aliphatic rings. The normalized spacial score (nSPS) is 11.2. The van der Waals surface area contributed by atoms with Crippen LogP contribution in [0.4, 0.5) is 5.13 Å². The maximum Gasteiger partial charge on any atom is 0.319 e. The van der Waals surface area contributed by atoms with Gasteiger partial charge in [0, 0.05) is 17.6 Å². The minimum Gasteiger partial charge on any atom is -0.337 e. The van der Waals surface area contributed by atoms with Crippen LogP contribution in [0.15, 0.2) is 41.2 Å². The Bertz CT molecular complexity index is 614. The van der Waals surface area contributed by atoms with E-state index in [9.17, 15) is 9.70 Å². The number of rotatable bonds is 4. The Labute approximate surface area is 106 Å². The van der Waals surface area contributed by atoms with Crippen molar-refractivity contribution in [2.24, 2.45) is 5.18 Å². The molecule has 90 valence electrons. The molecule has 1 heterocycles. The topological polar surface area (TPSA) is 95.3 Å². The van der Waals surface area contributed by atoms with Crippen LogP contribution in [0.2, 0.25) is 0 Å². The van der Waals surface area contributed by atoms with Crippen LogP contribution in [-0.2, 0) is 4.79 Å². The Morgan fingerprint density at radius 1 is 1.44 bits per heavy atom. The molecule has 1 aromatic heterocycles. The molecule has 6 nitrogen and oxygen atoms in total. The molecular weight excluding hydrogens is 252 g/mol. The van der Waals surface area contributed by atoms with E-state index in [0.717, 1.165) is 16.4 Å². The average molecular weight is 260 g/mol. The second kappa shape index (κ2) is 5.28. The first-order valence-corrected chi connectivity index (χ1v) is 5.76. The summed E-state index contributed by atoms with van der Waals surface area (Å²) in [7, 11) is 0. The lowest BCUT2D eigenvalue weighted by Gasteiger charge is -1.94. The SMILES string of the molecule is N=C/C(=C\Nc1nc2ccccc2s1)C(=O)N=O. The number of para-hydroxylation sites is 1. The van der Waals surface area contributed by atoms with E-state index in [1.165, 1.54) is 17.5 Å². The van der Waals surface area contributed by atoms with Gasteiger partial charge in [-0.25, -0.2) is 4.98 Å². The highest BCUT2D eigenvalue weighted by Gasteiger charge is 2.07. The van der Waals surface area contributed by atoms with Crippen LogP contribution in [0.5, 0.6) is 0 Å². The minimum absolute atomic E-state index is 0.121. The molecule has 0 radical (unpaired) electrons. The number of aromatic nitrogens is 1. The predicted octanol–water partition coefficient (Wildman–Crippen LogP) is 2.53. The zero-order valence-corrected chi connectivity index (χ0v) is 9.90. The van der Waals surface area contributed by atoms with Gasteiger partial charge < -0.3 is 10.7 Å². The molecule has 2 aromatic rings. The number of carbonyl (C=O) groups excluding carboxylic acids is 1. The van der Waals surface area contributed by atoms with Crippen LogP contribution in [0, 0.1) is 10.3 Å². The fraction of sp³-hybridized carbons (Fsp3) is 0. The first-order valence-electron chi connectivity index (χ1n) is 4.95. The van der Waals surface area contributed by atoms with Gasteiger partial charge in [-0.1, -0.05) is 23.5 Å². The van der Waals surface area contributed by atoms with Crippen LogP contribution in [-0.4, -0.2) is 17.1 Å². The van der Waals surface area contributed by atoms with Crippen molar-refractivity contribution in [3.63, 3.8) is 0 Å². The van der Waals surface area contributed by atoms with E-state index in [4.69, 9.17) is 5.41 Å². The summed E-state index contributed by atoms with van der Waals surface area (Å²) in [6.45, 7) is 0. The fourth-order valence-corrected chi connectivity index (χ4v) is 2.13. The largest absolute Gasteiger partial charge is 0.337 e. The van der Waals surface area contributed by atoms with Crippen LogP contribution < -0.4 is 5.32 Å². The Morgan fingerprint density at radius 3 is 2.89 bits per heavy atom. The van der Waals surface area contributed by atoms with E-state index in [1.807, 2.05) is 24.3 Å². The van der Waals surface area contributed by atoms with Gasteiger partial charge in [0.15, 0.2) is 5.13 Å². The Morgan fingerprint density at radius 2 is 2.22 bits per heavy atom. The summed E-state index contributed by atoms with van der Waals surface area (Å²) >= 11 is 1.41. The summed E-state index contributed by atoms with van der Waals surface area (Å²) in [5.41, 5.74) is 0.721. The van der Waals surface area contributed by atoms with Crippen molar-refractivity contribution < 1.29 is 4.79 Å². The Balaban J connectivity index is 2.23. The minimum atomic E-state index is -0.987. The summed E-state index contributed by atoms with van der Waals surface area (Å²) in [5.74, 6) is -0.987. The van der Waals surface area contributed by atoms with Gasteiger partial charge in [0.1, 0.15) is 0 Å². The zero-order valence-electron chi connectivity index (χ0n) is 9.08. The van der Waals surface area contributed by atoms with Gasteiger partial charge in [-0.2, -0.15) is 0 Å². The highest BCUT2D eigenvalue weighted by molar-refractivity contribution is 7.22. The van der Waals surface area contributed by atoms with Gasteiger partial charge in [-0.15, -0.1) is 4.91 Å². The summed E-state index contributed by atoms with van der Waals surface area (Å²) in [4.78, 5) is 25.3. The monoisotopic (exact) mass is 260 g/mol. The van der Waals surface area contributed by atoms with Gasteiger partial charge >= 0.3 is 5.91 Å². The lowest BCUT2D eigenvalue weighted by atomic mass is 10.3. The maximum absolute atomic E-state index is 11.0. The standard InChI is InChI=1S/C11H8N4O2S/c12-5-7(10(16)15-17)6-13-11-14-8-3-1-2-4-9(8)18-11/h1-6,12H,(H,13,14)/b7-6+,12-5?. The second-order valence-electron chi connectivity index (χ2n) is 3.27. The van der Waals surface area contributed by atoms with Crippen LogP contribution >= 0.6 is 11.3 Å². The molecule has 18 heavy (non-hydrogen) atoms. The Kier molecular flexibility index (Phi) is 3.54. The van der Waals surface area contributed by atoms with Gasteiger partial charge in [-0.3, -0.25) is 4.79 Å². The van der Waals surface area contributed by atoms with Crippen molar-refractivity contribution >= 4 is 38.8 Å². The molecule has 0 fully saturated rings. The van der Waals surface area contributed by atoms with E-state index < -0.39 is 5.91 Å². The molecule has 2 rings (SSSR count). The number of hydrogen-bond acceptors (Lipinski definition) is 6. The summed E-state index contributed by atoms with van der Waals surface area (Å²) in [6.07, 6.45) is 2.01. The highest BCUT2D eigenvalue weighted by Crippen LogP contribution is 2.25. The van der Waals surface area contributed by atoms with Gasteiger partial charge in [0.05, 0.1) is 15.8 Å². The molecule has 0 saturated carbocycles. The van der Waals surface area contributed by atoms with Gasteiger partial charge in [0.25, 0.3) is 0 Å². The molecule has 0 unspecified atom stereocenters. The molecule has 2 N–H and O–H groups in total. The van der Waals surface area contributed by atoms with Gasteiger partial charge in [-0.05, 0) is 12.1 Å². The molecule has 0 bridgehead atoms. The fourth-order valence-electron chi connectivity index (χ4n) is 1.29. The number of thiazole rings is 1. The lowest BCUT2D eigenvalue weighted by Crippen LogP contribution is -2.02. The Hall–Kier alpha value is -2.41. The van der Waals surface area contributed by atoms with E-state index >= 15 is 0 Å². The van der Waals surface area contributed by atoms with E-state index in [2.05, 4.69) is 15.5 Å². The molecule has 0 saturated heterocycles. The molecule has 0 spiro atoms.